The number of carbonyl (C=O) groups is 1. The lowest BCUT2D eigenvalue weighted by molar-refractivity contribution is -0.114. The van der Waals surface area contributed by atoms with Crippen molar-refractivity contribution in [1.29, 1.82) is 0 Å². The summed E-state index contributed by atoms with van der Waals surface area (Å²) in [5, 5.41) is 0. The topological polar surface area (TPSA) is 17.1 Å². The van der Waals surface area contributed by atoms with Crippen molar-refractivity contribution in [3.8, 4) is 0 Å². The third kappa shape index (κ3) is 4.96. The second-order valence-electron chi connectivity index (χ2n) is 3.73. The molecule has 1 aromatic carbocycles. The molecule has 0 saturated carbocycles. The molecule has 0 unspecified atom stereocenters. The molecule has 0 aromatic heterocycles. The minimum absolute atomic E-state index is 0.138. The smallest absolute Gasteiger partial charge is 0.160 e. The molecule has 0 N–H and O–H groups in total. The number of allylic oxidation sites excluding steroid dienone is 4. The predicted molar refractivity (Wildman–Crippen MR) is 63.7 cm³/mol. The molecule has 0 aliphatic rings. The first-order valence-corrected chi connectivity index (χ1v) is 5.07. The number of hydrogen-bond donors (Lipinski definition) is 0. The van der Waals surface area contributed by atoms with E-state index in [4.69, 9.17) is 0 Å². The third-order valence-corrected chi connectivity index (χ3v) is 1.93. The quantitative estimate of drug-likeness (QED) is 0.538. The third-order valence-electron chi connectivity index (χ3n) is 1.93. The van der Waals surface area contributed by atoms with E-state index in [0.717, 1.165) is 5.56 Å². The molecule has 0 saturated heterocycles. The van der Waals surface area contributed by atoms with Gasteiger partial charge >= 0.3 is 0 Å². The van der Waals surface area contributed by atoms with Crippen LogP contribution in [0.15, 0.2) is 54.1 Å². The van der Waals surface area contributed by atoms with Crippen LogP contribution in [0.25, 0.3) is 0 Å². The Kier molecular flexibility index (Phi) is 4.55. The Bertz CT molecular complexity index is 368. The lowest BCUT2D eigenvalue weighted by atomic mass is 10.1. The van der Waals surface area contributed by atoms with Gasteiger partial charge in [0.25, 0.3) is 0 Å². The van der Waals surface area contributed by atoms with Crippen LogP contribution in [0.4, 0.5) is 0 Å². The molecule has 1 heteroatoms. The molecule has 78 valence electrons. The van der Waals surface area contributed by atoms with Crippen LogP contribution in [0.5, 0.6) is 0 Å². The molecule has 1 aromatic rings. The summed E-state index contributed by atoms with van der Waals surface area (Å²) in [6.45, 7) is 4.01. The average molecular weight is 200 g/mol. The van der Waals surface area contributed by atoms with Crippen molar-refractivity contribution < 1.29 is 4.79 Å². The zero-order chi connectivity index (χ0) is 11.1. The summed E-state index contributed by atoms with van der Waals surface area (Å²) in [5.41, 5.74) is 2.25. The van der Waals surface area contributed by atoms with E-state index in [1.165, 1.54) is 5.57 Å². The summed E-state index contributed by atoms with van der Waals surface area (Å²) >= 11 is 0. The van der Waals surface area contributed by atoms with E-state index >= 15 is 0 Å². The van der Waals surface area contributed by atoms with E-state index in [1.54, 1.807) is 12.2 Å². The number of hydrogen-bond acceptors (Lipinski definition) is 1. The molecule has 0 bridgehead atoms. The van der Waals surface area contributed by atoms with E-state index in [1.807, 2.05) is 50.3 Å². The fourth-order valence-electron chi connectivity index (χ4n) is 1.20. The Morgan fingerprint density at radius 3 is 2.47 bits per heavy atom. The number of carbonyl (C=O) groups excluding carboxylic acids is 1. The highest BCUT2D eigenvalue weighted by molar-refractivity contribution is 5.91. The van der Waals surface area contributed by atoms with Crippen LogP contribution in [0.1, 0.15) is 19.4 Å². The predicted octanol–water partition coefficient (Wildman–Crippen LogP) is 3.32. The van der Waals surface area contributed by atoms with Gasteiger partial charge in [-0.05, 0) is 25.5 Å². The van der Waals surface area contributed by atoms with Crippen molar-refractivity contribution in [2.24, 2.45) is 0 Å². The van der Waals surface area contributed by atoms with Gasteiger partial charge < -0.3 is 0 Å². The standard InChI is InChI=1S/C14H16O/c1-12(2)7-6-10-14(15)11-13-8-4-3-5-9-13/h3-10H,11H2,1-2H3/b10-6+. The van der Waals surface area contributed by atoms with E-state index in [-0.39, 0.29) is 5.78 Å². The molecule has 0 aliphatic carbocycles. The van der Waals surface area contributed by atoms with Gasteiger partial charge in [0.15, 0.2) is 5.78 Å². The summed E-state index contributed by atoms with van der Waals surface area (Å²) in [4.78, 5) is 11.5. The highest BCUT2D eigenvalue weighted by Crippen LogP contribution is 2.00. The van der Waals surface area contributed by atoms with Crippen LogP contribution in [-0.2, 0) is 11.2 Å². The largest absolute Gasteiger partial charge is 0.294 e. The van der Waals surface area contributed by atoms with Crippen LogP contribution >= 0.6 is 0 Å². The van der Waals surface area contributed by atoms with Gasteiger partial charge in [-0.1, -0.05) is 48.1 Å². The highest BCUT2D eigenvalue weighted by atomic mass is 16.1. The van der Waals surface area contributed by atoms with Crippen LogP contribution in [0.2, 0.25) is 0 Å². The van der Waals surface area contributed by atoms with Gasteiger partial charge in [-0.3, -0.25) is 4.79 Å². The summed E-state index contributed by atoms with van der Waals surface area (Å²) < 4.78 is 0. The molecule has 0 fully saturated rings. The minimum Gasteiger partial charge on any atom is -0.294 e. The zero-order valence-corrected chi connectivity index (χ0v) is 9.23. The van der Waals surface area contributed by atoms with Gasteiger partial charge in [0.05, 0.1) is 0 Å². The van der Waals surface area contributed by atoms with Crippen molar-refractivity contribution >= 4 is 5.78 Å². The van der Waals surface area contributed by atoms with Gasteiger partial charge in [-0.15, -0.1) is 0 Å². The molecule has 1 nitrogen and oxygen atoms in total. The number of ketones is 1. The number of rotatable bonds is 4. The molecule has 1 rings (SSSR count). The molecular weight excluding hydrogens is 184 g/mol. The first-order valence-electron chi connectivity index (χ1n) is 5.07. The van der Waals surface area contributed by atoms with Gasteiger partial charge in [-0.25, -0.2) is 0 Å². The maximum Gasteiger partial charge on any atom is 0.160 e. The molecular formula is C14H16O. The van der Waals surface area contributed by atoms with Crippen molar-refractivity contribution in [3.63, 3.8) is 0 Å². The Morgan fingerprint density at radius 2 is 1.87 bits per heavy atom. The van der Waals surface area contributed by atoms with Crippen molar-refractivity contribution in [1.82, 2.24) is 0 Å². The Hall–Kier alpha value is -1.63. The molecule has 0 aliphatic heterocycles. The lowest BCUT2D eigenvalue weighted by Gasteiger charge is -1.95. The van der Waals surface area contributed by atoms with E-state index < -0.39 is 0 Å². The zero-order valence-electron chi connectivity index (χ0n) is 9.23. The van der Waals surface area contributed by atoms with Gasteiger partial charge in [0.2, 0.25) is 0 Å². The summed E-state index contributed by atoms with van der Waals surface area (Å²) in [6.07, 6.45) is 5.84. The second kappa shape index (κ2) is 5.97. The van der Waals surface area contributed by atoms with Crippen LogP contribution in [0, 0.1) is 0 Å². The van der Waals surface area contributed by atoms with E-state index in [9.17, 15) is 4.79 Å². The summed E-state index contributed by atoms with van der Waals surface area (Å²) in [6, 6.07) is 9.77. The second-order valence-corrected chi connectivity index (χ2v) is 3.73. The lowest BCUT2D eigenvalue weighted by Crippen LogP contribution is -1.97. The molecule has 0 heterocycles. The maximum atomic E-state index is 11.5. The Balaban J connectivity index is 2.51. The fourth-order valence-corrected chi connectivity index (χ4v) is 1.20. The fraction of sp³-hybridized carbons (Fsp3) is 0.214. The molecule has 15 heavy (non-hydrogen) atoms. The van der Waals surface area contributed by atoms with E-state index in [2.05, 4.69) is 0 Å². The first-order chi connectivity index (χ1) is 7.18. The summed E-state index contributed by atoms with van der Waals surface area (Å²) in [5.74, 6) is 0.138. The average Bonchev–Trinajstić information content (AvgIpc) is 2.18. The molecule has 0 atom stereocenters. The monoisotopic (exact) mass is 200 g/mol. The van der Waals surface area contributed by atoms with Crippen LogP contribution < -0.4 is 0 Å². The van der Waals surface area contributed by atoms with Gasteiger partial charge in [0.1, 0.15) is 0 Å². The van der Waals surface area contributed by atoms with Crippen LogP contribution in [0.3, 0.4) is 0 Å². The van der Waals surface area contributed by atoms with Gasteiger partial charge in [-0.2, -0.15) is 0 Å². The van der Waals surface area contributed by atoms with Crippen molar-refractivity contribution in [2.45, 2.75) is 20.3 Å². The van der Waals surface area contributed by atoms with Crippen molar-refractivity contribution in [2.75, 3.05) is 0 Å². The first kappa shape index (κ1) is 11.4. The highest BCUT2D eigenvalue weighted by Gasteiger charge is 1.97. The van der Waals surface area contributed by atoms with Crippen LogP contribution in [-0.4, -0.2) is 5.78 Å². The number of benzene rings is 1. The Labute approximate surface area is 91.1 Å². The SMILES string of the molecule is CC(C)=C/C=C/C(=O)Cc1ccccc1. The Morgan fingerprint density at radius 1 is 1.20 bits per heavy atom. The van der Waals surface area contributed by atoms with Crippen molar-refractivity contribution in [3.05, 3.63) is 59.7 Å². The van der Waals surface area contributed by atoms with Gasteiger partial charge in [0, 0.05) is 6.42 Å². The summed E-state index contributed by atoms with van der Waals surface area (Å²) in [7, 11) is 0. The van der Waals surface area contributed by atoms with E-state index in [0.29, 0.717) is 6.42 Å². The molecule has 0 spiro atoms. The molecule has 0 radical (unpaired) electrons. The maximum absolute atomic E-state index is 11.5. The normalized spacial score (nSPS) is 10.3. The molecule has 0 amide bonds. The minimum atomic E-state index is 0.138.